The topological polar surface area (TPSA) is 84.5 Å². The second kappa shape index (κ2) is 7.55. The van der Waals surface area contributed by atoms with Crippen LogP contribution in [0.15, 0.2) is 29.2 Å². The molecule has 0 N–H and O–H groups in total. The summed E-state index contributed by atoms with van der Waals surface area (Å²) >= 11 is 0. The average Bonchev–Trinajstić information content (AvgIpc) is 3.41. The van der Waals surface area contributed by atoms with E-state index < -0.39 is 0 Å². The van der Waals surface area contributed by atoms with Gasteiger partial charge in [-0.3, -0.25) is 4.90 Å². The first-order valence-electron chi connectivity index (χ1n) is 10.4. The number of hydrogen-bond donors (Lipinski definition) is 0. The highest BCUT2D eigenvalue weighted by molar-refractivity contribution is 5.46. The van der Waals surface area contributed by atoms with Crippen LogP contribution in [0.4, 0.5) is 5.82 Å². The van der Waals surface area contributed by atoms with Crippen molar-refractivity contribution in [1.29, 1.82) is 0 Å². The van der Waals surface area contributed by atoms with Gasteiger partial charge in [0.1, 0.15) is 5.82 Å². The minimum absolute atomic E-state index is 0.202. The van der Waals surface area contributed by atoms with E-state index in [1.54, 1.807) is 13.2 Å². The van der Waals surface area contributed by atoms with E-state index in [2.05, 4.69) is 31.0 Å². The molecule has 5 rings (SSSR count). The molecule has 3 aromatic rings. The molecular formula is C20H26N8O. The van der Waals surface area contributed by atoms with Crippen LogP contribution in [0, 0.1) is 0 Å². The Balaban J connectivity index is 1.28. The van der Waals surface area contributed by atoms with Crippen LogP contribution in [0.3, 0.4) is 0 Å². The summed E-state index contributed by atoms with van der Waals surface area (Å²) in [5.41, 5.74) is 1.44. The normalized spacial score (nSPS) is 18.7. The van der Waals surface area contributed by atoms with Crippen molar-refractivity contribution in [1.82, 2.24) is 34.3 Å². The summed E-state index contributed by atoms with van der Waals surface area (Å²) in [4.78, 5) is 20.6. The van der Waals surface area contributed by atoms with E-state index >= 15 is 0 Å². The van der Waals surface area contributed by atoms with Crippen molar-refractivity contribution < 1.29 is 0 Å². The van der Waals surface area contributed by atoms with Crippen LogP contribution >= 0.6 is 0 Å². The van der Waals surface area contributed by atoms with E-state index in [0.29, 0.717) is 12.5 Å². The molecule has 0 unspecified atom stereocenters. The molecule has 5 heterocycles. The molecule has 9 nitrogen and oxygen atoms in total. The number of likely N-dealkylation sites (tertiary alicyclic amines) is 1. The largest absolute Gasteiger partial charge is 0.355 e. The van der Waals surface area contributed by atoms with Crippen LogP contribution in [0.1, 0.15) is 43.1 Å². The molecule has 0 radical (unpaired) electrons. The maximum absolute atomic E-state index is 11.7. The first-order valence-corrected chi connectivity index (χ1v) is 10.4. The van der Waals surface area contributed by atoms with E-state index in [4.69, 9.17) is 5.10 Å². The molecule has 9 heteroatoms. The molecule has 2 fully saturated rings. The quantitative estimate of drug-likeness (QED) is 0.657. The summed E-state index contributed by atoms with van der Waals surface area (Å²) in [5, 5.41) is 13.7. The van der Waals surface area contributed by atoms with Crippen molar-refractivity contribution in [3.8, 4) is 0 Å². The number of aryl methyl sites for hydroxylation is 1. The van der Waals surface area contributed by atoms with Crippen molar-refractivity contribution in [2.45, 2.75) is 38.1 Å². The maximum Gasteiger partial charge on any atom is 0.347 e. The standard InChI is InChI=1S/C20H26N8O/c1-25-11-8-16(21-20(25)29)14-26-12-6-15(7-13-26)19-23-22-17-4-5-18(24-28(17)19)27-9-2-3-10-27/h4-5,8,11,15H,2-3,6-7,9-10,12-14H2,1H3. The van der Waals surface area contributed by atoms with E-state index in [1.165, 1.54) is 17.4 Å². The predicted molar refractivity (Wildman–Crippen MR) is 109 cm³/mol. The van der Waals surface area contributed by atoms with Gasteiger partial charge in [0, 0.05) is 38.8 Å². The van der Waals surface area contributed by atoms with Gasteiger partial charge in [0.25, 0.3) is 0 Å². The first kappa shape index (κ1) is 18.2. The third kappa shape index (κ3) is 3.62. The summed E-state index contributed by atoms with van der Waals surface area (Å²) in [6, 6.07) is 6.00. The summed E-state index contributed by atoms with van der Waals surface area (Å²) < 4.78 is 3.44. The van der Waals surface area contributed by atoms with Crippen LogP contribution in [0.25, 0.3) is 5.65 Å². The predicted octanol–water partition coefficient (Wildman–Crippen LogP) is 1.20. The number of rotatable bonds is 4. The molecule has 2 aliphatic heterocycles. The smallest absolute Gasteiger partial charge is 0.347 e. The highest BCUT2D eigenvalue weighted by Crippen LogP contribution is 2.28. The Morgan fingerprint density at radius 2 is 1.83 bits per heavy atom. The third-order valence-corrected chi connectivity index (χ3v) is 6.07. The van der Waals surface area contributed by atoms with Gasteiger partial charge in [0.15, 0.2) is 11.5 Å². The Labute approximate surface area is 169 Å². The third-order valence-electron chi connectivity index (χ3n) is 6.07. The van der Waals surface area contributed by atoms with Crippen molar-refractivity contribution in [3.63, 3.8) is 0 Å². The van der Waals surface area contributed by atoms with Crippen LogP contribution in [0.5, 0.6) is 0 Å². The van der Waals surface area contributed by atoms with Crippen molar-refractivity contribution in [2.24, 2.45) is 7.05 Å². The van der Waals surface area contributed by atoms with Gasteiger partial charge in [0.2, 0.25) is 0 Å². The van der Waals surface area contributed by atoms with E-state index in [-0.39, 0.29) is 5.69 Å². The Kier molecular flexibility index (Phi) is 4.75. The Morgan fingerprint density at radius 3 is 2.59 bits per heavy atom. The monoisotopic (exact) mass is 394 g/mol. The van der Waals surface area contributed by atoms with E-state index in [0.717, 1.165) is 62.0 Å². The van der Waals surface area contributed by atoms with Crippen LogP contribution in [0.2, 0.25) is 0 Å². The molecule has 29 heavy (non-hydrogen) atoms. The summed E-state index contributed by atoms with van der Waals surface area (Å²) in [6.07, 6.45) is 6.25. The minimum atomic E-state index is -0.202. The zero-order chi connectivity index (χ0) is 19.8. The van der Waals surface area contributed by atoms with Gasteiger partial charge in [-0.1, -0.05) is 0 Å². The first-order chi connectivity index (χ1) is 14.2. The van der Waals surface area contributed by atoms with Gasteiger partial charge in [-0.25, -0.2) is 4.79 Å². The number of piperidine rings is 1. The summed E-state index contributed by atoms with van der Waals surface area (Å²) in [5.74, 6) is 2.33. The van der Waals surface area contributed by atoms with Crippen molar-refractivity contribution >= 4 is 11.5 Å². The number of hydrogen-bond acceptors (Lipinski definition) is 7. The molecule has 3 aromatic heterocycles. The van der Waals surface area contributed by atoms with Crippen LogP contribution in [-0.2, 0) is 13.6 Å². The lowest BCUT2D eigenvalue weighted by Crippen LogP contribution is -2.34. The number of anilines is 1. The van der Waals surface area contributed by atoms with E-state index in [9.17, 15) is 4.79 Å². The lowest BCUT2D eigenvalue weighted by molar-refractivity contribution is 0.198. The zero-order valence-electron chi connectivity index (χ0n) is 16.7. The van der Waals surface area contributed by atoms with E-state index in [1.807, 2.05) is 16.6 Å². The van der Waals surface area contributed by atoms with Gasteiger partial charge < -0.3 is 9.47 Å². The molecular weight excluding hydrogens is 368 g/mol. The van der Waals surface area contributed by atoms with Crippen LogP contribution in [-0.4, -0.2) is 60.4 Å². The molecule has 0 bridgehead atoms. The second-order valence-corrected chi connectivity index (χ2v) is 8.08. The summed E-state index contributed by atoms with van der Waals surface area (Å²) in [6.45, 7) is 4.75. The van der Waals surface area contributed by atoms with Gasteiger partial charge in [0.05, 0.1) is 5.69 Å². The number of nitrogens with zero attached hydrogens (tertiary/aromatic N) is 8. The summed E-state index contributed by atoms with van der Waals surface area (Å²) in [7, 11) is 1.72. The fourth-order valence-corrected chi connectivity index (χ4v) is 4.33. The molecule has 0 aliphatic carbocycles. The Bertz CT molecular complexity index is 1060. The molecule has 0 spiro atoms. The molecule has 0 saturated carbocycles. The van der Waals surface area contributed by atoms with Crippen molar-refractivity contribution in [3.05, 3.63) is 46.4 Å². The fourth-order valence-electron chi connectivity index (χ4n) is 4.33. The molecule has 2 aliphatic rings. The van der Waals surface area contributed by atoms with Gasteiger partial charge in [-0.05, 0) is 57.0 Å². The Morgan fingerprint density at radius 1 is 1.03 bits per heavy atom. The SMILES string of the molecule is Cn1ccc(CN2CCC(c3nnc4ccc(N5CCCC5)nn34)CC2)nc1=O. The van der Waals surface area contributed by atoms with Crippen molar-refractivity contribution in [2.75, 3.05) is 31.1 Å². The van der Waals surface area contributed by atoms with Crippen LogP contribution < -0.4 is 10.6 Å². The molecule has 2 saturated heterocycles. The van der Waals surface area contributed by atoms with Gasteiger partial charge in [-0.15, -0.1) is 15.3 Å². The number of aromatic nitrogens is 6. The van der Waals surface area contributed by atoms with Gasteiger partial charge in [-0.2, -0.15) is 9.50 Å². The van der Waals surface area contributed by atoms with Gasteiger partial charge >= 0.3 is 5.69 Å². The fraction of sp³-hybridized carbons (Fsp3) is 0.550. The zero-order valence-corrected chi connectivity index (χ0v) is 16.7. The second-order valence-electron chi connectivity index (χ2n) is 8.08. The maximum atomic E-state index is 11.7. The molecule has 0 atom stereocenters. The Hall–Kier alpha value is -2.81. The highest BCUT2D eigenvalue weighted by Gasteiger charge is 2.26. The molecule has 152 valence electrons. The minimum Gasteiger partial charge on any atom is -0.355 e. The molecule has 0 aromatic carbocycles. The lowest BCUT2D eigenvalue weighted by Gasteiger charge is -2.30. The lowest BCUT2D eigenvalue weighted by atomic mass is 9.96. The highest BCUT2D eigenvalue weighted by atomic mass is 16.1. The number of fused-ring (bicyclic) bond motifs is 1. The average molecular weight is 394 g/mol. The molecule has 0 amide bonds.